The van der Waals surface area contributed by atoms with E-state index < -0.39 is 0 Å². The molecule has 2 aromatic rings. The normalized spacial score (nSPS) is 17.0. The highest BCUT2D eigenvalue weighted by Gasteiger charge is 2.30. The van der Waals surface area contributed by atoms with E-state index in [0.29, 0.717) is 18.8 Å². The minimum atomic E-state index is -0.00835. The van der Waals surface area contributed by atoms with Gasteiger partial charge < -0.3 is 10.1 Å². The lowest BCUT2D eigenvalue weighted by molar-refractivity contribution is -0.116. The number of aromatic amines is 1. The summed E-state index contributed by atoms with van der Waals surface area (Å²) in [5.41, 5.74) is 3.14. The van der Waals surface area contributed by atoms with Crippen molar-refractivity contribution < 1.29 is 9.53 Å². The fraction of sp³-hybridized carbons (Fsp3) is 0.250. The maximum atomic E-state index is 11.8. The quantitative estimate of drug-likeness (QED) is 0.848. The molecule has 3 rings (SSSR count). The molecule has 0 spiro atoms. The number of aryl methyl sites for hydroxylation is 1. The number of amides is 1. The van der Waals surface area contributed by atoms with Gasteiger partial charge in [-0.15, -0.1) is 0 Å². The average molecular weight is 283 g/mol. The molecular formula is C16H17N3O2. The first-order valence-electron chi connectivity index (χ1n) is 6.87. The van der Waals surface area contributed by atoms with Crippen LogP contribution in [0.1, 0.15) is 29.2 Å². The van der Waals surface area contributed by atoms with Crippen molar-refractivity contribution in [2.24, 2.45) is 0 Å². The van der Waals surface area contributed by atoms with Crippen LogP contribution >= 0.6 is 0 Å². The van der Waals surface area contributed by atoms with Crippen LogP contribution in [-0.2, 0) is 4.79 Å². The molecule has 1 amide bonds. The Morgan fingerprint density at radius 3 is 2.90 bits per heavy atom. The van der Waals surface area contributed by atoms with Gasteiger partial charge in [0, 0.05) is 23.6 Å². The first kappa shape index (κ1) is 13.4. The predicted octanol–water partition coefficient (Wildman–Crippen LogP) is 2.76. The zero-order valence-electron chi connectivity index (χ0n) is 11.8. The van der Waals surface area contributed by atoms with Crippen molar-refractivity contribution in [3.8, 4) is 5.75 Å². The molecule has 0 bridgehead atoms. The third-order valence-corrected chi connectivity index (χ3v) is 3.64. The van der Waals surface area contributed by atoms with Crippen LogP contribution in [0.2, 0.25) is 0 Å². The van der Waals surface area contributed by atoms with E-state index in [-0.39, 0.29) is 11.8 Å². The molecular weight excluding hydrogens is 266 g/mol. The van der Waals surface area contributed by atoms with Crippen molar-refractivity contribution in [3.05, 3.63) is 53.7 Å². The first-order valence-corrected chi connectivity index (χ1v) is 6.87. The molecule has 1 aromatic heterocycles. The molecule has 1 aromatic carbocycles. The Kier molecular flexibility index (Phi) is 3.48. The third-order valence-electron chi connectivity index (χ3n) is 3.64. The Labute approximate surface area is 123 Å². The second-order valence-corrected chi connectivity index (χ2v) is 5.08. The SMILES string of the molecule is C=CCOc1ccc([C@H]2CC(=O)Nc3n[nH]c(C)c32)cc1. The minimum absolute atomic E-state index is 0.00835. The van der Waals surface area contributed by atoms with Crippen LogP contribution in [0.4, 0.5) is 5.82 Å². The monoisotopic (exact) mass is 283 g/mol. The van der Waals surface area contributed by atoms with Gasteiger partial charge in [0.05, 0.1) is 0 Å². The van der Waals surface area contributed by atoms with Gasteiger partial charge in [-0.05, 0) is 24.6 Å². The molecule has 5 nitrogen and oxygen atoms in total. The van der Waals surface area contributed by atoms with Crippen LogP contribution in [-0.4, -0.2) is 22.7 Å². The fourth-order valence-corrected chi connectivity index (χ4v) is 2.67. The number of nitrogens with one attached hydrogen (secondary N) is 2. The largest absolute Gasteiger partial charge is 0.490 e. The van der Waals surface area contributed by atoms with Crippen molar-refractivity contribution in [2.75, 3.05) is 11.9 Å². The lowest BCUT2D eigenvalue weighted by Crippen LogP contribution is -2.23. The van der Waals surface area contributed by atoms with E-state index in [1.165, 1.54) is 0 Å². The van der Waals surface area contributed by atoms with Gasteiger partial charge in [0.1, 0.15) is 12.4 Å². The minimum Gasteiger partial charge on any atom is -0.490 e. The van der Waals surface area contributed by atoms with E-state index in [1.54, 1.807) is 6.08 Å². The Balaban J connectivity index is 1.91. The van der Waals surface area contributed by atoms with Gasteiger partial charge >= 0.3 is 0 Å². The molecule has 0 fully saturated rings. The second-order valence-electron chi connectivity index (χ2n) is 5.08. The molecule has 2 heterocycles. The number of hydrogen-bond acceptors (Lipinski definition) is 3. The topological polar surface area (TPSA) is 67.0 Å². The summed E-state index contributed by atoms with van der Waals surface area (Å²) >= 11 is 0. The van der Waals surface area contributed by atoms with E-state index in [0.717, 1.165) is 22.6 Å². The maximum Gasteiger partial charge on any atom is 0.226 e. The molecule has 0 saturated heterocycles. The highest BCUT2D eigenvalue weighted by molar-refractivity contribution is 5.94. The number of rotatable bonds is 4. The Morgan fingerprint density at radius 2 is 2.19 bits per heavy atom. The van der Waals surface area contributed by atoms with Gasteiger partial charge in [-0.3, -0.25) is 9.89 Å². The summed E-state index contributed by atoms with van der Waals surface area (Å²) in [6.07, 6.45) is 2.14. The number of ether oxygens (including phenoxy) is 1. The zero-order chi connectivity index (χ0) is 14.8. The first-order chi connectivity index (χ1) is 10.2. The van der Waals surface area contributed by atoms with Crippen molar-refractivity contribution >= 4 is 11.7 Å². The zero-order valence-corrected chi connectivity index (χ0v) is 11.8. The van der Waals surface area contributed by atoms with Crippen molar-refractivity contribution in [1.82, 2.24) is 10.2 Å². The molecule has 1 aliphatic rings. The van der Waals surface area contributed by atoms with Gasteiger partial charge in [-0.1, -0.05) is 24.8 Å². The van der Waals surface area contributed by atoms with Crippen molar-refractivity contribution in [1.29, 1.82) is 0 Å². The number of nitrogens with zero attached hydrogens (tertiary/aromatic N) is 1. The van der Waals surface area contributed by atoms with Crippen LogP contribution < -0.4 is 10.1 Å². The van der Waals surface area contributed by atoms with Crippen LogP contribution in [0.3, 0.4) is 0 Å². The summed E-state index contributed by atoms with van der Waals surface area (Å²) in [4.78, 5) is 11.8. The van der Waals surface area contributed by atoms with E-state index >= 15 is 0 Å². The highest BCUT2D eigenvalue weighted by Crippen LogP contribution is 2.38. The number of aromatic nitrogens is 2. The number of fused-ring (bicyclic) bond motifs is 1. The molecule has 0 aliphatic carbocycles. The predicted molar refractivity (Wildman–Crippen MR) is 80.5 cm³/mol. The van der Waals surface area contributed by atoms with Crippen molar-refractivity contribution in [2.45, 2.75) is 19.3 Å². The number of hydrogen-bond donors (Lipinski definition) is 2. The molecule has 2 N–H and O–H groups in total. The summed E-state index contributed by atoms with van der Waals surface area (Å²) in [6, 6.07) is 7.83. The molecule has 21 heavy (non-hydrogen) atoms. The summed E-state index contributed by atoms with van der Waals surface area (Å²) in [6.45, 7) is 6.08. The highest BCUT2D eigenvalue weighted by atomic mass is 16.5. The molecule has 108 valence electrons. The Bertz CT molecular complexity index is 673. The summed E-state index contributed by atoms with van der Waals surface area (Å²) in [5, 5.41) is 9.89. The molecule has 0 unspecified atom stereocenters. The number of carbonyl (C=O) groups excluding carboxylic acids is 1. The lowest BCUT2D eigenvalue weighted by atomic mass is 9.86. The maximum absolute atomic E-state index is 11.8. The van der Waals surface area contributed by atoms with Crippen molar-refractivity contribution in [3.63, 3.8) is 0 Å². The van der Waals surface area contributed by atoms with Crippen LogP contribution in [0.25, 0.3) is 0 Å². The van der Waals surface area contributed by atoms with Gasteiger partial charge in [-0.2, -0.15) is 5.10 Å². The van der Waals surface area contributed by atoms with E-state index in [4.69, 9.17) is 4.74 Å². The smallest absolute Gasteiger partial charge is 0.226 e. The summed E-state index contributed by atoms with van der Waals surface area (Å²) in [5.74, 6) is 1.45. The van der Waals surface area contributed by atoms with E-state index in [1.807, 2.05) is 31.2 Å². The molecule has 5 heteroatoms. The number of benzene rings is 1. The van der Waals surface area contributed by atoms with Gasteiger partial charge in [0.15, 0.2) is 5.82 Å². The number of anilines is 1. The standard InChI is InChI=1S/C16H17N3O2/c1-3-8-21-12-6-4-11(5-7-12)13-9-14(20)17-16-15(13)10(2)18-19-16/h3-7,13H,1,8-9H2,2H3,(H2,17,18,19,20)/t13-/m1/s1. The Morgan fingerprint density at radius 1 is 1.43 bits per heavy atom. The molecule has 1 atom stereocenters. The number of carbonyl (C=O) groups is 1. The van der Waals surface area contributed by atoms with Crippen LogP contribution in [0.15, 0.2) is 36.9 Å². The molecule has 1 aliphatic heterocycles. The lowest BCUT2D eigenvalue weighted by Gasteiger charge is -2.23. The van der Waals surface area contributed by atoms with E-state index in [2.05, 4.69) is 22.1 Å². The van der Waals surface area contributed by atoms with Gasteiger partial charge in [0.25, 0.3) is 0 Å². The number of H-pyrrole nitrogens is 1. The molecule has 0 radical (unpaired) electrons. The fourth-order valence-electron chi connectivity index (χ4n) is 2.67. The van der Waals surface area contributed by atoms with E-state index in [9.17, 15) is 4.79 Å². The third kappa shape index (κ3) is 2.54. The second kappa shape index (κ2) is 5.44. The van der Waals surface area contributed by atoms with Gasteiger partial charge in [-0.25, -0.2) is 0 Å². The van der Waals surface area contributed by atoms with Gasteiger partial charge in [0.2, 0.25) is 5.91 Å². The summed E-state index contributed by atoms with van der Waals surface area (Å²) in [7, 11) is 0. The average Bonchev–Trinajstić information content (AvgIpc) is 2.86. The Hall–Kier alpha value is -2.56. The molecule has 0 saturated carbocycles. The summed E-state index contributed by atoms with van der Waals surface area (Å²) < 4.78 is 5.48. The van der Waals surface area contributed by atoms with Crippen LogP contribution in [0, 0.1) is 6.92 Å². The van der Waals surface area contributed by atoms with Crippen LogP contribution in [0.5, 0.6) is 5.75 Å².